The molecule has 162 valence electrons. The number of amides is 3. The van der Waals surface area contributed by atoms with Crippen LogP contribution in [0.4, 0.5) is 10.5 Å². The van der Waals surface area contributed by atoms with Gasteiger partial charge in [0, 0.05) is 0 Å². The second-order valence-corrected chi connectivity index (χ2v) is 8.93. The Morgan fingerprint density at radius 3 is 2.18 bits per heavy atom. The highest BCUT2D eigenvalue weighted by Crippen LogP contribution is 2.36. The molecule has 0 aliphatic carbocycles. The fourth-order valence-electron chi connectivity index (χ4n) is 3.87. The topological polar surface area (TPSA) is 66.5 Å². The molecule has 1 N–H and O–H groups in total. The molecule has 0 atom stereocenters. The first-order valence-electron chi connectivity index (χ1n) is 10.2. The van der Waals surface area contributed by atoms with Gasteiger partial charge in [0.05, 0.1) is 15.6 Å². The number of nitrogens with one attached hydrogen (secondary N) is 1. The summed E-state index contributed by atoms with van der Waals surface area (Å²) in [5.41, 5.74) is 1.30. The Hall–Kier alpha value is -3.61. The summed E-state index contributed by atoms with van der Waals surface area (Å²) in [6.45, 7) is -0.385. The maximum absolute atomic E-state index is 13.1. The van der Waals surface area contributed by atoms with Gasteiger partial charge in [0.25, 0.3) is 11.1 Å². The Kier molecular flexibility index (Phi) is 5.62. The first-order valence-corrected chi connectivity index (χ1v) is 11.4. The molecule has 7 heteroatoms. The Bertz CT molecular complexity index is 1430. The van der Waals surface area contributed by atoms with Crippen LogP contribution >= 0.6 is 23.4 Å². The third-order valence-electron chi connectivity index (χ3n) is 5.41. The number of rotatable bonds is 4. The highest BCUT2D eigenvalue weighted by atomic mass is 35.5. The van der Waals surface area contributed by atoms with Crippen LogP contribution in [0, 0.1) is 0 Å². The van der Waals surface area contributed by atoms with Crippen LogP contribution in [-0.4, -0.2) is 28.5 Å². The van der Waals surface area contributed by atoms with E-state index in [4.69, 9.17) is 11.6 Å². The van der Waals surface area contributed by atoms with Crippen LogP contribution in [0.1, 0.15) is 5.56 Å². The number of benzene rings is 4. The number of hydrogen-bond acceptors (Lipinski definition) is 4. The van der Waals surface area contributed by atoms with Crippen molar-refractivity contribution in [2.75, 3.05) is 11.9 Å². The minimum absolute atomic E-state index is 0.284. The van der Waals surface area contributed by atoms with Crippen molar-refractivity contribution < 1.29 is 14.4 Å². The zero-order valence-corrected chi connectivity index (χ0v) is 18.8. The van der Waals surface area contributed by atoms with E-state index in [1.807, 2.05) is 48.5 Å². The van der Waals surface area contributed by atoms with Crippen molar-refractivity contribution in [1.29, 1.82) is 0 Å². The normalized spacial score (nSPS) is 15.1. The van der Waals surface area contributed by atoms with E-state index < -0.39 is 17.1 Å². The summed E-state index contributed by atoms with van der Waals surface area (Å²) in [5.74, 6) is -0.987. The summed E-state index contributed by atoms with van der Waals surface area (Å²) >= 11 is 6.91. The molecule has 1 aliphatic heterocycles. The van der Waals surface area contributed by atoms with Crippen LogP contribution in [0.25, 0.3) is 27.6 Å². The highest BCUT2D eigenvalue weighted by molar-refractivity contribution is 8.18. The summed E-state index contributed by atoms with van der Waals surface area (Å²) in [7, 11) is 0. The van der Waals surface area contributed by atoms with Crippen molar-refractivity contribution in [3.05, 3.63) is 94.4 Å². The van der Waals surface area contributed by atoms with Gasteiger partial charge in [-0.15, -0.1) is 0 Å². The van der Waals surface area contributed by atoms with E-state index in [2.05, 4.69) is 11.4 Å². The molecule has 0 aromatic heterocycles. The molecule has 1 fully saturated rings. The molecule has 4 aromatic carbocycles. The number of hydrogen-bond donors (Lipinski definition) is 1. The number of fused-ring (bicyclic) bond motifs is 2. The van der Waals surface area contributed by atoms with Gasteiger partial charge in [-0.05, 0) is 63.1 Å². The van der Waals surface area contributed by atoms with E-state index in [1.54, 1.807) is 30.3 Å². The molecule has 5 nitrogen and oxygen atoms in total. The molecule has 1 heterocycles. The fraction of sp³-hybridized carbons (Fsp3) is 0.0385. The summed E-state index contributed by atoms with van der Waals surface area (Å²) in [6, 6.07) is 24.7. The van der Waals surface area contributed by atoms with Crippen molar-refractivity contribution in [1.82, 2.24) is 4.90 Å². The smallest absolute Gasteiger partial charge is 0.294 e. The number of imide groups is 1. The van der Waals surface area contributed by atoms with Crippen molar-refractivity contribution in [3.8, 4) is 0 Å². The van der Waals surface area contributed by atoms with Gasteiger partial charge >= 0.3 is 0 Å². The number of para-hydroxylation sites is 1. The van der Waals surface area contributed by atoms with Gasteiger partial charge in [0.15, 0.2) is 0 Å². The molecule has 1 saturated heterocycles. The van der Waals surface area contributed by atoms with Gasteiger partial charge in [-0.3, -0.25) is 19.3 Å². The summed E-state index contributed by atoms with van der Waals surface area (Å²) in [4.78, 5) is 39.4. The van der Waals surface area contributed by atoms with Gasteiger partial charge < -0.3 is 5.32 Å². The van der Waals surface area contributed by atoms with Crippen LogP contribution in [0.5, 0.6) is 0 Å². The predicted molar refractivity (Wildman–Crippen MR) is 134 cm³/mol. The molecule has 0 unspecified atom stereocenters. The molecule has 1 aliphatic rings. The minimum Gasteiger partial charge on any atom is -0.323 e. The second-order valence-electron chi connectivity index (χ2n) is 7.53. The van der Waals surface area contributed by atoms with E-state index in [0.717, 1.165) is 43.8 Å². The molecule has 5 rings (SSSR count). The second kappa shape index (κ2) is 8.73. The first-order chi connectivity index (χ1) is 16.0. The van der Waals surface area contributed by atoms with Crippen molar-refractivity contribution in [3.63, 3.8) is 0 Å². The van der Waals surface area contributed by atoms with Gasteiger partial charge in [-0.1, -0.05) is 72.3 Å². The quantitative estimate of drug-likeness (QED) is 0.279. The summed E-state index contributed by atoms with van der Waals surface area (Å²) < 4.78 is 0. The molecule has 33 heavy (non-hydrogen) atoms. The van der Waals surface area contributed by atoms with Crippen LogP contribution in [-0.2, 0) is 9.59 Å². The van der Waals surface area contributed by atoms with Crippen molar-refractivity contribution in [2.45, 2.75) is 0 Å². The van der Waals surface area contributed by atoms with Crippen LogP contribution in [0.15, 0.2) is 83.8 Å². The fourth-order valence-corrected chi connectivity index (χ4v) is 4.87. The molecule has 0 bridgehead atoms. The Balaban J connectivity index is 1.47. The summed E-state index contributed by atoms with van der Waals surface area (Å²) in [6.07, 6.45) is 1.75. The SMILES string of the molecule is O=C(CN1C(=O)S/C(=C/c2c3ccccc3cc3ccccc23)C1=O)Nc1ccccc1Cl. The van der Waals surface area contributed by atoms with E-state index in [0.29, 0.717) is 10.7 Å². The van der Waals surface area contributed by atoms with E-state index in [9.17, 15) is 14.4 Å². The zero-order chi connectivity index (χ0) is 22.9. The van der Waals surface area contributed by atoms with Gasteiger partial charge in [-0.2, -0.15) is 0 Å². The largest absolute Gasteiger partial charge is 0.323 e. The van der Waals surface area contributed by atoms with Gasteiger partial charge in [0.1, 0.15) is 6.54 Å². The zero-order valence-electron chi connectivity index (χ0n) is 17.2. The van der Waals surface area contributed by atoms with Crippen molar-refractivity contribution in [2.24, 2.45) is 0 Å². The van der Waals surface area contributed by atoms with E-state index in [1.165, 1.54) is 0 Å². The predicted octanol–water partition coefficient (Wildman–Crippen LogP) is 6.32. The number of anilines is 1. The lowest BCUT2D eigenvalue weighted by Crippen LogP contribution is -2.36. The Morgan fingerprint density at radius 1 is 0.909 bits per heavy atom. The molecule has 4 aromatic rings. The average Bonchev–Trinajstić information content (AvgIpc) is 3.07. The third-order valence-corrected chi connectivity index (χ3v) is 6.65. The third kappa shape index (κ3) is 4.11. The lowest BCUT2D eigenvalue weighted by Gasteiger charge is -2.13. The maximum atomic E-state index is 13.1. The number of carbonyl (C=O) groups is 3. The van der Waals surface area contributed by atoms with Gasteiger partial charge in [0.2, 0.25) is 5.91 Å². The number of nitrogens with zero attached hydrogens (tertiary/aromatic N) is 1. The first kappa shape index (κ1) is 21.2. The average molecular weight is 473 g/mol. The minimum atomic E-state index is -0.498. The number of thioether (sulfide) groups is 1. The van der Waals surface area contributed by atoms with Crippen LogP contribution in [0.3, 0.4) is 0 Å². The molecular weight excluding hydrogens is 456 g/mol. The molecule has 3 amide bonds. The molecule has 0 radical (unpaired) electrons. The van der Waals surface area contributed by atoms with E-state index in [-0.39, 0.29) is 11.4 Å². The monoisotopic (exact) mass is 472 g/mol. The lowest BCUT2D eigenvalue weighted by molar-refractivity contribution is -0.127. The Labute approximate surface area is 199 Å². The number of carbonyl (C=O) groups excluding carboxylic acids is 3. The molecule has 0 spiro atoms. The van der Waals surface area contributed by atoms with Gasteiger partial charge in [-0.25, -0.2) is 0 Å². The number of halogens is 1. The van der Waals surface area contributed by atoms with Crippen LogP contribution < -0.4 is 5.32 Å². The Morgan fingerprint density at radius 2 is 1.52 bits per heavy atom. The van der Waals surface area contributed by atoms with Crippen molar-refractivity contribution >= 4 is 73.7 Å². The van der Waals surface area contributed by atoms with E-state index >= 15 is 0 Å². The summed E-state index contributed by atoms with van der Waals surface area (Å²) in [5, 5.41) is 6.60. The maximum Gasteiger partial charge on any atom is 0.294 e. The molecular formula is C26H17ClN2O3S. The lowest BCUT2D eigenvalue weighted by atomic mass is 9.96. The van der Waals surface area contributed by atoms with Crippen LogP contribution in [0.2, 0.25) is 5.02 Å². The molecule has 0 saturated carbocycles. The standard InChI is InChI=1S/C26H17ClN2O3S/c27-21-11-5-6-12-22(21)28-24(30)15-29-25(31)23(33-26(29)32)14-20-18-9-3-1-7-16(18)13-17-8-2-4-10-19(17)20/h1-14H,15H2,(H,28,30)/b23-14+. The highest BCUT2D eigenvalue weighted by Gasteiger charge is 2.36.